The zero-order valence-corrected chi connectivity index (χ0v) is 23.4. The molecule has 1 heterocycles. The molecule has 0 N–H and O–H groups in total. The van der Waals surface area contributed by atoms with Crippen molar-refractivity contribution in [3.05, 3.63) is 144 Å². The molecular weight excluding hydrogens is 517 g/mol. The first-order valence-electron chi connectivity index (χ1n) is 14.1. The number of benzene rings is 4. The summed E-state index contributed by atoms with van der Waals surface area (Å²) in [4.78, 5) is 0. The van der Waals surface area contributed by atoms with Crippen molar-refractivity contribution >= 4 is 0 Å². The predicted molar refractivity (Wildman–Crippen MR) is 157 cm³/mol. The van der Waals surface area contributed by atoms with Gasteiger partial charge >= 0.3 is 0 Å². The van der Waals surface area contributed by atoms with Gasteiger partial charge in [0.25, 0.3) is 0 Å². The lowest BCUT2D eigenvalue weighted by atomic mass is 10.0. The van der Waals surface area contributed by atoms with Crippen LogP contribution in [-0.4, -0.2) is 44.4 Å². The van der Waals surface area contributed by atoms with Crippen molar-refractivity contribution in [1.29, 1.82) is 0 Å². The Hall–Kier alpha value is -3.36. The number of methoxy groups -OCH3 is 1. The first-order valence-corrected chi connectivity index (χ1v) is 14.1. The van der Waals surface area contributed by atoms with Gasteiger partial charge in [-0.05, 0) is 22.3 Å². The Balaban J connectivity index is 1.38. The maximum Gasteiger partial charge on any atom is 0.186 e. The Morgan fingerprint density at radius 2 is 0.878 bits per heavy atom. The molecular formula is C35H38O6. The van der Waals surface area contributed by atoms with Crippen LogP contribution in [0, 0.1) is 0 Å². The summed E-state index contributed by atoms with van der Waals surface area (Å²) in [5.41, 5.74) is 4.27. The number of ether oxygens (including phenoxy) is 6. The summed E-state index contributed by atoms with van der Waals surface area (Å²) in [6.07, 6.45) is -2.59. The second-order valence-electron chi connectivity index (χ2n) is 10.1. The van der Waals surface area contributed by atoms with E-state index in [4.69, 9.17) is 28.4 Å². The molecule has 1 saturated heterocycles. The molecule has 214 valence electrons. The fraction of sp³-hybridized carbons (Fsp3) is 0.314. The zero-order valence-electron chi connectivity index (χ0n) is 23.4. The lowest BCUT2D eigenvalue weighted by Gasteiger charge is -2.45. The SMILES string of the molecule is CO[13CH]1O[C@H](COCc2ccccc2)[C@@H](OCc2ccccc2)[C@H](OCc2ccccc2)[C@H]1OCc1ccccc1. The summed E-state index contributed by atoms with van der Waals surface area (Å²) < 4.78 is 38.2. The second-order valence-corrected chi connectivity index (χ2v) is 10.1. The first-order chi connectivity index (χ1) is 20.3. The fourth-order valence-corrected chi connectivity index (χ4v) is 4.94. The van der Waals surface area contributed by atoms with Crippen molar-refractivity contribution in [2.24, 2.45) is 0 Å². The standard InChI is InChI=1S/C35H38O6/c1-36-35-34(40-25-30-20-12-5-13-21-30)33(39-24-29-18-10-4-11-19-29)32(38-23-28-16-8-3-9-17-28)31(41-35)26-37-22-27-14-6-2-7-15-27/h2-21,31-35H,22-26H2,1H3/t31-,32-,33+,34-,35?/m1/s1/i35+1. The van der Waals surface area contributed by atoms with Gasteiger partial charge in [-0.15, -0.1) is 0 Å². The van der Waals surface area contributed by atoms with E-state index in [0.717, 1.165) is 22.3 Å². The molecule has 0 bridgehead atoms. The molecule has 0 spiro atoms. The summed E-state index contributed by atoms with van der Waals surface area (Å²) in [7, 11) is 1.63. The van der Waals surface area contributed by atoms with Crippen LogP contribution in [0.15, 0.2) is 121 Å². The van der Waals surface area contributed by atoms with Crippen LogP contribution in [0.25, 0.3) is 0 Å². The van der Waals surface area contributed by atoms with Crippen LogP contribution >= 0.6 is 0 Å². The summed E-state index contributed by atoms with van der Waals surface area (Å²) in [5, 5.41) is 0. The highest BCUT2D eigenvalue weighted by molar-refractivity contribution is 5.16. The van der Waals surface area contributed by atoms with E-state index < -0.39 is 30.7 Å². The Kier molecular flexibility index (Phi) is 11.1. The summed E-state index contributed by atoms with van der Waals surface area (Å²) in [5.74, 6) is 0. The lowest BCUT2D eigenvalue weighted by molar-refractivity contribution is -0.323. The van der Waals surface area contributed by atoms with Crippen LogP contribution in [0.5, 0.6) is 0 Å². The summed E-state index contributed by atoms with van der Waals surface area (Å²) in [6.45, 7) is 1.97. The summed E-state index contributed by atoms with van der Waals surface area (Å²) in [6, 6.07) is 40.4. The highest BCUT2D eigenvalue weighted by Crippen LogP contribution is 2.31. The van der Waals surface area contributed by atoms with Crippen LogP contribution in [0.3, 0.4) is 0 Å². The predicted octanol–water partition coefficient (Wildman–Crippen LogP) is 6.33. The minimum Gasteiger partial charge on any atom is -0.374 e. The van der Waals surface area contributed by atoms with Crippen LogP contribution < -0.4 is 0 Å². The van der Waals surface area contributed by atoms with Crippen LogP contribution in [0.4, 0.5) is 0 Å². The number of hydrogen-bond acceptors (Lipinski definition) is 6. The van der Waals surface area contributed by atoms with Crippen molar-refractivity contribution in [3.63, 3.8) is 0 Å². The van der Waals surface area contributed by atoms with Crippen LogP contribution in [0.2, 0.25) is 0 Å². The molecule has 5 atom stereocenters. The fourth-order valence-electron chi connectivity index (χ4n) is 4.94. The van der Waals surface area contributed by atoms with E-state index in [9.17, 15) is 0 Å². The van der Waals surface area contributed by atoms with Crippen molar-refractivity contribution in [1.82, 2.24) is 0 Å². The van der Waals surface area contributed by atoms with Gasteiger partial charge in [-0.3, -0.25) is 0 Å². The molecule has 0 amide bonds. The van der Waals surface area contributed by atoms with E-state index in [2.05, 4.69) is 0 Å². The molecule has 0 aliphatic carbocycles. The lowest BCUT2D eigenvalue weighted by Crippen LogP contribution is -2.61. The maximum absolute atomic E-state index is 6.63. The van der Waals surface area contributed by atoms with Gasteiger partial charge in [-0.25, -0.2) is 0 Å². The van der Waals surface area contributed by atoms with E-state index in [1.54, 1.807) is 7.11 Å². The van der Waals surface area contributed by atoms with E-state index in [0.29, 0.717) is 33.0 Å². The van der Waals surface area contributed by atoms with Gasteiger partial charge in [0.05, 0.1) is 33.0 Å². The maximum atomic E-state index is 6.63. The normalized spacial score (nSPS) is 22.4. The molecule has 0 saturated carbocycles. The third-order valence-electron chi connectivity index (χ3n) is 7.07. The number of rotatable bonds is 14. The highest BCUT2D eigenvalue weighted by Gasteiger charge is 2.48. The molecule has 41 heavy (non-hydrogen) atoms. The molecule has 1 aliphatic heterocycles. The smallest absolute Gasteiger partial charge is 0.186 e. The molecule has 1 unspecified atom stereocenters. The molecule has 4 aromatic rings. The van der Waals surface area contributed by atoms with Crippen molar-refractivity contribution < 1.29 is 28.4 Å². The Labute approximate surface area is 242 Å². The molecule has 4 aromatic carbocycles. The van der Waals surface area contributed by atoms with E-state index in [1.807, 2.05) is 121 Å². The third-order valence-corrected chi connectivity index (χ3v) is 7.07. The third kappa shape index (κ3) is 8.57. The Morgan fingerprint density at radius 1 is 0.488 bits per heavy atom. The molecule has 5 rings (SSSR count). The van der Waals surface area contributed by atoms with Crippen LogP contribution in [0.1, 0.15) is 22.3 Å². The minimum atomic E-state index is -0.665. The van der Waals surface area contributed by atoms with Gasteiger partial charge in [-0.1, -0.05) is 121 Å². The molecule has 0 radical (unpaired) electrons. The summed E-state index contributed by atoms with van der Waals surface area (Å²) >= 11 is 0. The Bertz CT molecular complexity index is 1260. The van der Waals surface area contributed by atoms with Crippen LogP contribution in [-0.2, 0) is 54.8 Å². The average Bonchev–Trinajstić information content (AvgIpc) is 3.04. The molecule has 6 nitrogen and oxygen atoms in total. The van der Waals surface area contributed by atoms with Crippen molar-refractivity contribution in [2.75, 3.05) is 13.7 Å². The van der Waals surface area contributed by atoms with Gasteiger partial charge in [0, 0.05) is 7.11 Å². The van der Waals surface area contributed by atoms with E-state index in [1.165, 1.54) is 0 Å². The number of hydrogen-bond donors (Lipinski definition) is 0. The van der Waals surface area contributed by atoms with E-state index in [-0.39, 0.29) is 0 Å². The van der Waals surface area contributed by atoms with Gasteiger partial charge in [-0.2, -0.15) is 0 Å². The topological polar surface area (TPSA) is 55.4 Å². The van der Waals surface area contributed by atoms with E-state index >= 15 is 0 Å². The second kappa shape index (κ2) is 15.6. The zero-order chi connectivity index (χ0) is 28.1. The van der Waals surface area contributed by atoms with Gasteiger partial charge < -0.3 is 28.4 Å². The van der Waals surface area contributed by atoms with Gasteiger partial charge in [0.15, 0.2) is 6.29 Å². The molecule has 1 fully saturated rings. The van der Waals surface area contributed by atoms with Crippen molar-refractivity contribution in [3.8, 4) is 0 Å². The quantitative estimate of drug-likeness (QED) is 0.170. The monoisotopic (exact) mass is 555 g/mol. The minimum absolute atomic E-state index is 0.310. The van der Waals surface area contributed by atoms with Crippen molar-refractivity contribution in [2.45, 2.75) is 57.1 Å². The average molecular weight is 556 g/mol. The molecule has 6 heteroatoms. The molecule has 0 aromatic heterocycles. The highest BCUT2D eigenvalue weighted by atomic mass is 16.8. The first kappa shape index (κ1) is 29.1. The Morgan fingerprint density at radius 3 is 1.32 bits per heavy atom. The van der Waals surface area contributed by atoms with Gasteiger partial charge in [0.1, 0.15) is 24.4 Å². The molecule has 1 aliphatic rings. The largest absolute Gasteiger partial charge is 0.374 e. The van der Waals surface area contributed by atoms with Gasteiger partial charge in [0.2, 0.25) is 0 Å².